The highest BCUT2D eigenvalue weighted by Gasteiger charge is 2.11. The zero-order valence-electron chi connectivity index (χ0n) is 9.11. The topological polar surface area (TPSA) is 35.5 Å². The van der Waals surface area contributed by atoms with Crippen molar-refractivity contribution < 1.29 is 14.3 Å². The maximum atomic E-state index is 11.3. The van der Waals surface area contributed by atoms with Gasteiger partial charge in [-0.3, -0.25) is 0 Å². The number of methoxy groups -OCH3 is 2. The number of esters is 1. The molecule has 1 rings (SSSR count). The lowest BCUT2D eigenvalue weighted by Crippen LogP contribution is -2.03. The molecule has 3 nitrogen and oxygen atoms in total. The maximum absolute atomic E-state index is 11.3. The van der Waals surface area contributed by atoms with E-state index in [1.807, 2.05) is 25.1 Å². The van der Waals surface area contributed by atoms with Gasteiger partial charge in [0.1, 0.15) is 11.3 Å². The Kier molecular flexibility index (Phi) is 3.92. The zero-order chi connectivity index (χ0) is 11.3. The summed E-state index contributed by atoms with van der Waals surface area (Å²) in [6, 6.07) is 5.33. The molecule has 0 N–H and O–H groups in total. The summed E-state index contributed by atoms with van der Waals surface area (Å²) in [6.45, 7) is 1.93. The van der Waals surface area contributed by atoms with Gasteiger partial charge in [-0.05, 0) is 24.6 Å². The first kappa shape index (κ1) is 11.3. The predicted molar refractivity (Wildman–Crippen MR) is 59.0 cm³/mol. The molecule has 15 heavy (non-hydrogen) atoms. The van der Waals surface area contributed by atoms with Crippen molar-refractivity contribution in [1.82, 2.24) is 0 Å². The van der Waals surface area contributed by atoms with Gasteiger partial charge < -0.3 is 9.47 Å². The summed E-state index contributed by atoms with van der Waals surface area (Å²) in [4.78, 5) is 11.3. The monoisotopic (exact) mass is 206 g/mol. The minimum Gasteiger partial charge on any atom is -0.496 e. The molecule has 0 radical (unpaired) electrons. The van der Waals surface area contributed by atoms with Crippen LogP contribution < -0.4 is 4.74 Å². The maximum Gasteiger partial charge on any atom is 0.341 e. The second-order valence-electron chi connectivity index (χ2n) is 2.95. The van der Waals surface area contributed by atoms with Crippen molar-refractivity contribution in [3.05, 3.63) is 35.4 Å². The molecule has 0 aromatic heterocycles. The fourth-order valence-corrected chi connectivity index (χ4v) is 1.28. The molecule has 0 unspecified atom stereocenters. The van der Waals surface area contributed by atoms with Gasteiger partial charge >= 0.3 is 5.97 Å². The van der Waals surface area contributed by atoms with Crippen LogP contribution in [0.5, 0.6) is 5.75 Å². The average molecular weight is 206 g/mol. The Hall–Kier alpha value is -1.77. The van der Waals surface area contributed by atoms with Crippen molar-refractivity contribution in [2.24, 2.45) is 0 Å². The molecule has 0 amide bonds. The summed E-state index contributed by atoms with van der Waals surface area (Å²) in [5.74, 6) is 0.135. The molecule has 0 atom stereocenters. The van der Waals surface area contributed by atoms with Crippen molar-refractivity contribution in [1.29, 1.82) is 0 Å². The molecule has 1 aromatic carbocycles. The van der Waals surface area contributed by atoms with Gasteiger partial charge in [0, 0.05) is 0 Å². The summed E-state index contributed by atoms with van der Waals surface area (Å²) in [6.07, 6.45) is 3.86. The zero-order valence-corrected chi connectivity index (χ0v) is 9.11. The molecule has 3 heteroatoms. The fraction of sp³-hybridized carbons (Fsp3) is 0.250. The summed E-state index contributed by atoms with van der Waals surface area (Å²) < 4.78 is 9.76. The summed E-state index contributed by atoms with van der Waals surface area (Å²) in [5.41, 5.74) is 1.43. The quantitative estimate of drug-likeness (QED) is 0.713. The average Bonchev–Trinajstić information content (AvgIpc) is 2.28. The first-order valence-electron chi connectivity index (χ1n) is 4.62. The minimum atomic E-state index is -0.390. The summed E-state index contributed by atoms with van der Waals surface area (Å²) >= 11 is 0. The third kappa shape index (κ3) is 2.59. The molecule has 1 aromatic rings. The normalized spacial score (nSPS) is 10.3. The van der Waals surface area contributed by atoms with E-state index < -0.39 is 0 Å². The van der Waals surface area contributed by atoms with Gasteiger partial charge in [0.25, 0.3) is 0 Å². The molecule has 80 valence electrons. The third-order valence-corrected chi connectivity index (χ3v) is 1.99. The van der Waals surface area contributed by atoms with Gasteiger partial charge in [-0.1, -0.05) is 18.2 Å². The van der Waals surface area contributed by atoms with E-state index in [0.29, 0.717) is 11.3 Å². The van der Waals surface area contributed by atoms with Crippen LogP contribution in [0.4, 0.5) is 0 Å². The number of allylic oxidation sites excluding steroid dienone is 1. The van der Waals surface area contributed by atoms with Crippen molar-refractivity contribution in [2.45, 2.75) is 6.92 Å². The van der Waals surface area contributed by atoms with Crippen LogP contribution in [0.15, 0.2) is 24.3 Å². The second-order valence-corrected chi connectivity index (χ2v) is 2.95. The van der Waals surface area contributed by atoms with E-state index in [1.54, 1.807) is 12.1 Å². The molecule has 0 aliphatic carbocycles. The van der Waals surface area contributed by atoms with Crippen LogP contribution in [-0.4, -0.2) is 20.2 Å². The van der Waals surface area contributed by atoms with Crippen molar-refractivity contribution in [3.63, 3.8) is 0 Å². The molecule has 0 fully saturated rings. The molecular weight excluding hydrogens is 192 g/mol. The van der Waals surface area contributed by atoms with Gasteiger partial charge in [-0.25, -0.2) is 4.79 Å². The molecule has 0 spiro atoms. The minimum absolute atomic E-state index is 0.390. The lowest BCUT2D eigenvalue weighted by molar-refractivity contribution is 0.0597. The first-order chi connectivity index (χ1) is 7.22. The van der Waals surface area contributed by atoms with Crippen LogP contribution in [0.3, 0.4) is 0 Å². The SMILES string of the molecule is CC=Cc1ccc(C(=O)OC)c(OC)c1. The van der Waals surface area contributed by atoms with E-state index >= 15 is 0 Å². The van der Waals surface area contributed by atoms with Gasteiger partial charge in [0.2, 0.25) is 0 Å². The molecule has 0 bridgehead atoms. The van der Waals surface area contributed by atoms with E-state index in [9.17, 15) is 4.79 Å². The van der Waals surface area contributed by atoms with Crippen molar-refractivity contribution in [2.75, 3.05) is 14.2 Å². The predicted octanol–water partition coefficient (Wildman–Crippen LogP) is 2.51. The highest BCUT2D eigenvalue weighted by atomic mass is 16.5. The number of hydrogen-bond acceptors (Lipinski definition) is 3. The Morgan fingerprint density at radius 2 is 2.07 bits per heavy atom. The molecule has 0 saturated carbocycles. The number of carbonyl (C=O) groups excluding carboxylic acids is 1. The number of ether oxygens (including phenoxy) is 2. The second kappa shape index (κ2) is 5.20. The molecular formula is C12H14O3. The van der Waals surface area contributed by atoms with Crippen molar-refractivity contribution in [3.8, 4) is 5.75 Å². The van der Waals surface area contributed by atoms with Crippen molar-refractivity contribution >= 4 is 12.0 Å². The molecule has 0 saturated heterocycles. The van der Waals surface area contributed by atoms with Crippen LogP contribution in [0, 0.1) is 0 Å². The highest BCUT2D eigenvalue weighted by molar-refractivity contribution is 5.92. The lowest BCUT2D eigenvalue weighted by atomic mass is 10.1. The third-order valence-electron chi connectivity index (χ3n) is 1.99. The van der Waals surface area contributed by atoms with Crippen LogP contribution >= 0.6 is 0 Å². The van der Waals surface area contributed by atoms with E-state index in [-0.39, 0.29) is 5.97 Å². The smallest absolute Gasteiger partial charge is 0.341 e. The number of rotatable bonds is 3. The number of benzene rings is 1. The summed E-state index contributed by atoms with van der Waals surface area (Å²) in [5, 5.41) is 0. The van der Waals surface area contributed by atoms with E-state index in [2.05, 4.69) is 4.74 Å². The standard InChI is InChI=1S/C12H14O3/c1-4-5-9-6-7-10(12(13)15-3)11(8-9)14-2/h4-8H,1-3H3. The first-order valence-corrected chi connectivity index (χ1v) is 4.62. The highest BCUT2D eigenvalue weighted by Crippen LogP contribution is 2.21. The van der Waals surface area contributed by atoms with E-state index in [1.165, 1.54) is 14.2 Å². The van der Waals surface area contributed by atoms with E-state index in [0.717, 1.165) is 5.56 Å². The Bertz CT molecular complexity index is 380. The van der Waals surface area contributed by atoms with Gasteiger partial charge in [-0.2, -0.15) is 0 Å². The van der Waals surface area contributed by atoms with Gasteiger partial charge in [-0.15, -0.1) is 0 Å². The summed E-state index contributed by atoms with van der Waals surface area (Å²) in [7, 11) is 2.88. The largest absolute Gasteiger partial charge is 0.496 e. The Labute approximate surface area is 89.3 Å². The number of carbonyl (C=O) groups is 1. The molecule has 0 aliphatic heterocycles. The Morgan fingerprint density at radius 3 is 2.60 bits per heavy atom. The van der Waals surface area contributed by atoms with Gasteiger partial charge in [0.05, 0.1) is 14.2 Å². The number of hydrogen-bond donors (Lipinski definition) is 0. The van der Waals surface area contributed by atoms with Crippen LogP contribution in [-0.2, 0) is 4.74 Å². The molecule has 0 heterocycles. The Balaban J connectivity index is 3.14. The van der Waals surface area contributed by atoms with Crippen LogP contribution in [0.2, 0.25) is 0 Å². The van der Waals surface area contributed by atoms with E-state index in [4.69, 9.17) is 4.74 Å². The van der Waals surface area contributed by atoms with Crippen LogP contribution in [0.25, 0.3) is 6.08 Å². The Morgan fingerprint density at radius 1 is 1.33 bits per heavy atom. The van der Waals surface area contributed by atoms with Gasteiger partial charge in [0.15, 0.2) is 0 Å². The lowest BCUT2D eigenvalue weighted by Gasteiger charge is -2.07. The van der Waals surface area contributed by atoms with Crippen LogP contribution in [0.1, 0.15) is 22.8 Å². The fourth-order valence-electron chi connectivity index (χ4n) is 1.28. The molecule has 0 aliphatic rings.